The standard InChI is InChI=1S/C12H16O2S/c1-4-12(2,14)11(13)9-5-7-10(15-3)8-6-9/h5-8,14H,4H2,1-3H3/t12-/m0/s1. The van der Waals surface area contributed by atoms with Crippen LogP contribution >= 0.6 is 11.8 Å². The summed E-state index contributed by atoms with van der Waals surface area (Å²) in [6, 6.07) is 7.31. The molecule has 0 amide bonds. The molecule has 0 bridgehead atoms. The summed E-state index contributed by atoms with van der Waals surface area (Å²) in [6.45, 7) is 3.35. The maximum absolute atomic E-state index is 11.8. The molecule has 0 aliphatic heterocycles. The first kappa shape index (κ1) is 12.3. The Morgan fingerprint density at radius 1 is 1.40 bits per heavy atom. The van der Waals surface area contributed by atoms with Gasteiger partial charge in [-0.05, 0) is 31.7 Å². The molecule has 1 aromatic carbocycles. The monoisotopic (exact) mass is 224 g/mol. The van der Waals surface area contributed by atoms with Crippen molar-refractivity contribution in [2.24, 2.45) is 0 Å². The molecular formula is C12H16O2S. The molecule has 0 radical (unpaired) electrons. The van der Waals surface area contributed by atoms with Gasteiger partial charge < -0.3 is 5.11 Å². The van der Waals surface area contributed by atoms with Crippen molar-refractivity contribution in [2.75, 3.05) is 6.26 Å². The summed E-state index contributed by atoms with van der Waals surface area (Å²) in [5.41, 5.74) is -0.680. The highest BCUT2D eigenvalue weighted by Gasteiger charge is 2.28. The molecule has 0 aromatic heterocycles. The Balaban J connectivity index is 2.92. The van der Waals surface area contributed by atoms with Crippen LogP contribution in [0, 0.1) is 0 Å². The van der Waals surface area contributed by atoms with Crippen LogP contribution in [0.25, 0.3) is 0 Å². The van der Waals surface area contributed by atoms with Gasteiger partial charge >= 0.3 is 0 Å². The van der Waals surface area contributed by atoms with Gasteiger partial charge in [-0.25, -0.2) is 0 Å². The molecule has 0 aliphatic rings. The summed E-state index contributed by atoms with van der Waals surface area (Å²) < 4.78 is 0. The molecule has 0 saturated heterocycles. The normalized spacial score (nSPS) is 14.7. The maximum Gasteiger partial charge on any atom is 0.194 e. The number of Topliss-reactive ketones (excluding diaryl/α,β-unsaturated/α-hetero) is 1. The highest BCUT2D eigenvalue weighted by Crippen LogP contribution is 2.20. The number of ketones is 1. The molecule has 1 N–H and O–H groups in total. The molecule has 82 valence electrons. The Bertz CT molecular complexity index is 341. The smallest absolute Gasteiger partial charge is 0.194 e. The van der Waals surface area contributed by atoms with E-state index in [-0.39, 0.29) is 5.78 Å². The van der Waals surface area contributed by atoms with E-state index in [2.05, 4.69) is 0 Å². The molecule has 0 aliphatic carbocycles. The van der Waals surface area contributed by atoms with E-state index in [0.717, 1.165) is 4.90 Å². The fourth-order valence-electron chi connectivity index (χ4n) is 1.21. The molecule has 1 atom stereocenters. The van der Waals surface area contributed by atoms with E-state index >= 15 is 0 Å². The molecule has 2 nitrogen and oxygen atoms in total. The van der Waals surface area contributed by atoms with Gasteiger partial charge in [0, 0.05) is 10.5 Å². The fourth-order valence-corrected chi connectivity index (χ4v) is 1.62. The van der Waals surface area contributed by atoms with Crippen LogP contribution in [0.3, 0.4) is 0 Å². The van der Waals surface area contributed by atoms with Gasteiger partial charge in [-0.2, -0.15) is 0 Å². The van der Waals surface area contributed by atoms with E-state index < -0.39 is 5.60 Å². The largest absolute Gasteiger partial charge is 0.382 e. The summed E-state index contributed by atoms with van der Waals surface area (Å²) in [7, 11) is 0. The number of carbonyl (C=O) groups excluding carboxylic acids is 1. The molecule has 3 heteroatoms. The second kappa shape index (κ2) is 4.81. The van der Waals surface area contributed by atoms with Crippen LogP contribution in [-0.2, 0) is 0 Å². The van der Waals surface area contributed by atoms with Crippen LogP contribution in [0.1, 0.15) is 30.6 Å². The summed E-state index contributed by atoms with van der Waals surface area (Å²) in [5, 5.41) is 9.82. The lowest BCUT2D eigenvalue weighted by Gasteiger charge is -2.19. The summed E-state index contributed by atoms with van der Waals surface area (Å²) in [4.78, 5) is 13.0. The van der Waals surface area contributed by atoms with Crippen molar-refractivity contribution in [3.63, 3.8) is 0 Å². The SMILES string of the molecule is CC[C@](C)(O)C(=O)c1ccc(SC)cc1. The Hall–Kier alpha value is -0.800. The van der Waals surface area contributed by atoms with E-state index in [4.69, 9.17) is 0 Å². The van der Waals surface area contributed by atoms with Crippen molar-refractivity contribution in [1.29, 1.82) is 0 Å². The number of hydrogen-bond acceptors (Lipinski definition) is 3. The maximum atomic E-state index is 11.8. The number of benzene rings is 1. The van der Waals surface area contributed by atoms with Gasteiger partial charge in [-0.1, -0.05) is 19.1 Å². The van der Waals surface area contributed by atoms with Crippen LogP contribution in [0.15, 0.2) is 29.2 Å². The molecule has 0 spiro atoms. The van der Waals surface area contributed by atoms with E-state index in [1.54, 1.807) is 37.7 Å². The highest BCUT2D eigenvalue weighted by atomic mass is 32.2. The van der Waals surface area contributed by atoms with Crippen LogP contribution in [0.5, 0.6) is 0 Å². The molecule has 0 fully saturated rings. The van der Waals surface area contributed by atoms with Crippen LogP contribution in [-0.4, -0.2) is 22.7 Å². The predicted octanol–water partition coefficient (Wildman–Crippen LogP) is 2.75. The van der Waals surface area contributed by atoms with Gasteiger partial charge in [-0.15, -0.1) is 11.8 Å². The molecule has 0 heterocycles. The van der Waals surface area contributed by atoms with Crippen molar-refractivity contribution in [2.45, 2.75) is 30.8 Å². The molecule has 1 rings (SSSR count). The third kappa shape index (κ3) is 2.83. The van der Waals surface area contributed by atoms with Crippen LogP contribution < -0.4 is 0 Å². The number of thioether (sulfide) groups is 1. The Labute approximate surface area is 94.7 Å². The third-order valence-electron chi connectivity index (χ3n) is 2.53. The van der Waals surface area contributed by atoms with Gasteiger partial charge in [0.15, 0.2) is 5.78 Å². The van der Waals surface area contributed by atoms with Crippen molar-refractivity contribution >= 4 is 17.5 Å². The van der Waals surface area contributed by atoms with Crippen LogP contribution in [0.2, 0.25) is 0 Å². The minimum Gasteiger partial charge on any atom is -0.382 e. The predicted molar refractivity (Wildman–Crippen MR) is 63.5 cm³/mol. The first-order valence-corrected chi connectivity index (χ1v) is 6.15. The van der Waals surface area contributed by atoms with Gasteiger partial charge in [-0.3, -0.25) is 4.79 Å². The zero-order valence-corrected chi connectivity index (χ0v) is 10.1. The van der Waals surface area contributed by atoms with E-state index in [9.17, 15) is 9.90 Å². The Morgan fingerprint density at radius 2 is 1.93 bits per heavy atom. The topological polar surface area (TPSA) is 37.3 Å². The molecule has 15 heavy (non-hydrogen) atoms. The van der Waals surface area contributed by atoms with Crippen LogP contribution in [0.4, 0.5) is 0 Å². The fraction of sp³-hybridized carbons (Fsp3) is 0.417. The lowest BCUT2D eigenvalue weighted by Crippen LogP contribution is -2.34. The molecular weight excluding hydrogens is 208 g/mol. The quantitative estimate of drug-likeness (QED) is 0.631. The number of rotatable bonds is 4. The summed E-state index contributed by atoms with van der Waals surface area (Å²) >= 11 is 1.63. The average molecular weight is 224 g/mol. The minimum absolute atomic E-state index is 0.211. The van der Waals surface area contributed by atoms with Gasteiger partial charge in [0.1, 0.15) is 5.60 Å². The molecule has 1 aromatic rings. The first-order chi connectivity index (χ1) is 7.01. The third-order valence-corrected chi connectivity index (χ3v) is 3.27. The summed E-state index contributed by atoms with van der Waals surface area (Å²) in [6.07, 6.45) is 2.41. The number of aliphatic hydroxyl groups is 1. The van der Waals surface area contributed by atoms with Gasteiger partial charge in [0.25, 0.3) is 0 Å². The second-order valence-electron chi connectivity index (χ2n) is 3.69. The first-order valence-electron chi connectivity index (χ1n) is 4.92. The van der Waals surface area contributed by atoms with Crippen molar-refractivity contribution in [3.05, 3.63) is 29.8 Å². The van der Waals surface area contributed by atoms with Crippen molar-refractivity contribution in [1.82, 2.24) is 0 Å². The molecule has 0 unspecified atom stereocenters. The van der Waals surface area contributed by atoms with E-state index in [1.807, 2.05) is 18.4 Å². The summed E-state index contributed by atoms with van der Waals surface area (Å²) in [5.74, 6) is -0.211. The Morgan fingerprint density at radius 3 is 2.33 bits per heavy atom. The van der Waals surface area contributed by atoms with E-state index in [0.29, 0.717) is 12.0 Å². The lowest BCUT2D eigenvalue weighted by molar-refractivity contribution is 0.0390. The zero-order chi connectivity index (χ0) is 11.5. The second-order valence-corrected chi connectivity index (χ2v) is 4.56. The molecule has 0 saturated carbocycles. The average Bonchev–Trinajstić information content (AvgIpc) is 2.28. The van der Waals surface area contributed by atoms with E-state index in [1.165, 1.54) is 0 Å². The van der Waals surface area contributed by atoms with Gasteiger partial charge in [0.2, 0.25) is 0 Å². The minimum atomic E-state index is -1.25. The number of hydrogen-bond donors (Lipinski definition) is 1. The Kier molecular flexibility index (Phi) is 3.94. The lowest BCUT2D eigenvalue weighted by atomic mass is 9.92. The van der Waals surface area contributed by atoms with Crippen molar-refractivity contribution < 1.29 is 9.90 Å². The highest BCUT2D eigenvalue weighted by molar-refractivity contribution is 7.98. The zero-order valence-electron chi connectivity index (χ0n) is 9.28. The number of carbonyl (C=O) groups is 1. The van der Waals surface area contributed by atoms with Gasteiger partial charge in [0.05, 0.1) is 0 Å². The van der Waals surface area contributed by atoms with Crippen molar-refractivity contribution in [3.8, 4) is 0 Å².